The normalized spacial score (nSPS) is 18.4. The smallest absolute Gasteiger partial charge is 0.248 e. The summed E-state index contributed by atoms with van der Waals surface area (Å²) in [7, 11) is 0. The molecule has 0 spiro atoms. The van der Waals surface area contributed by atoms with Gasteiger partial charge in [0.1, 0.15) is 6.10 Å². The molecule has 2 atom stereocenters. The lowest BCUT2D eigenvalue weighted by Crippen LogP contribution is -2.36. The van der Waals surface area contributed by atoms with Gasteiger partial charge in [-0.3, -0.25) is 4.79 Å². The van der Waals surface area contributed by atoms with Crippen molar-refractivity contribution in [2.24, 2.45) is 0 Å². The number of nitrogens with zero attached hydrogens (tertiary/aromatic N) is 1. The molecule has 0 aromatic carbocycles. The lowest BCUT2D eigenvalue weighted by atomic mass is 10.2. The van der Waals surface area contributed by atoms with Crippen molar-refractivity contribution in [1.29, 1.82) is 0 Å². The van der Waals surface area contributed by atoms with Crippen molar-refractivity contribution in [3.63, 3.8) is 0 Å². The van der Waals surface area contributed by atoms with Crippen LogP contribution in [0.1, 0.15) is 29.7 Å². The minimum absolute atomic E-state index is 0.0649. The monoisotopic (exact) mass is 380 g/mol. The van der Waals surface area contributed by atoms with Gasteiger partial charge in [0.05, 0.1) is 28.3 Å². The molecule has 2 aromatic rings. The molecule has 136 valence electrons. The number of hydrogen-bond acceptors (Lipinski definition) is 6. The van der Waals surface area contributed by atoms with Gasteiger partial charge in [0.15, 0.2) is 0 Å². The van der Waals surface area contributed by atoms with E-state index in [1.165, 1.54) is 9.75 Å². The first-order valence-electron chi connectivity index (χ1n) is 8.64. The van der Waals surface area contributed by atoms with Crippen LogP contribution in [0.25, 0.3) is 10.6 Å². The van der Waals surface area contributed by atoms with Crippen molar-refractivity contribution >= 4 is 28.6 Å². The summed E-state index contributed by atoms with van der Waals surface area (Å²) >= 11 is 3.39. The molecule has 2 aromatic heterocycles. The summed E-state index contributed by atoms with van der Waals surface area (Å²) in [4.78, 5) is 19.0. The fourth-order valence-electron chi connectivity index (χ4n) is 2.68. The van der Waals surface area contributed by atoms with E-state index in [4.69, 9.17) is 9.47 Å². The number of rotatable bonds is 8. The molecule has 3 heterocycles. The van der Waals surface area contributed by atoms with Gasteiger partial charge in [0.25, 0.3) is 0 Å². The second-order valence-electron chi connectivity index (χ2n) is 6.17. The molecule has 2 unspecified atom stereocenters. The molecule has 7 heteroatoms. The molecule has 1 fully saturated rings. The molecule has 5 nitrogen and oxygen atoms in total. The van der Waals surface area contributed by atoms with E-state index in [9.17, 15) is 4.79 Å². The molecule has 0 aliphatic carbocycles. The van der Waals surface area contributed by atoms with Crippen LogP contribution in [-0.2, 0) is 20.7 Å². The van der Waals surface area contributed by atoms with Gasteiger partial charge in [-0.05, 0) is 45.2 Å². The Morgan fingerprint density at radius 1 is 1.52 bits per heavy atom. The average Bonchev–Trinajstić information content (AvgIpc) is 3.34. The number of hydrogen-bond donors (Lipinski definition) is 1. The Morgan fingerprint density at radius 3 is 3.12 bits per heavy atom. The summed E-state index contributed by atoms with van der Waals surface area (Å²) in [6, 6.07) is 4.21. The third-order valence-corrected chi connectivity index (χ3v) is 6.07. The zero-order chi connectivity index (χ0) is 17.6. The summed E-state index contributed by atoms with van der Waals surface area (Å²) in [6.45, 7) is 5.72. The standard InChI is InChI=1S/C18H24N2O3S2/c1-12(23-10-14-4-3-9-22-14)18(21)19-8-7-15-5-6-17(25-15)16-11-24-13(2)20-16/h5-6,11-12,14H,3-4,7-10H2,1-2H3,(H,19,21). The number of aryl methyl sites for hydroxylation is 1. The lowest BCUT2D eigenvalue weighted by molar-refractivity contribution is -0.133. The molecule has 0 bridgehead atoms. The maximum absolute atomic E-state index is 12.1. The van der Waals surface area contributed by atoms with Crippen molar-refractivity contribution in [1.82, 2.24) is 10.3 Å². The second-order valence-corrected chi connectivity index (χ2v) is 8.40. The summed E-state index contributed by atoms with van der Waals surface area (Å²) in [5, 5.41) is 6.11. The summed E-state index contributed by atoms with van der Waals surface area (Å²) in [5.41, 5.74) is 1.04. The highest BCUT2D eigenvalue weighted by atomic mass is 32.1. The van der Waals surface area contributed by atoms with E-state index in [0.29, 0.717) is 13.2 Å². The number of thiophene rings is 1. The van der Waals surface area contributed by atoms with Crippen molar-refractivity contribution in [2.45, 2.75) is 45.3 Å². The van der Waals surface area contributed by atoms with Crippen LogP contribution in [-0.4, -0.2) is 42.9 Å². The van der Waals surface area contributed by atoms with Crippen LogP contribution in [0.2, 0.25) is 0 Å². The Hall–Kier alpha value is -1.28. The van der Waals surface area contributed by atoms with E-state index < -0.39 is 6.10 Å². The van der Waals surface area contributed by atoms with E-state index in [1.807, 2.05) is 6.92 Å². The minimum Gasteiger partial charge on any atom is -0.376 e. The van der Waals surface area contributed by atoms with Crippen molar-refractivity contribution in [3.8, 4) is 10.6 Å². The quantitative estimate of drug-likeness (QED) is 0.762. The fourth-order valence-corrected chi connectivity index (χ4v) is 4.34. The zero-order valence-electron chi connectivity index (χ0n) is 14.6. The van der Waals surface area contributed by atoms with Crippen LogP contribution in [0.15, 0.2) is 17.5 Å². The van der Waals surface area contributed by atoms with Gasteiger partial charge < -0.3 is 14.8 Å². The number of nitrogens with one attached hydrogen (secondary N) is 1. The zero-order valence-corrected chi connectivity index (χ0v) is 16.3. The summed E-state index contributed by atoms with van der Waals surface area (Å²) in [5.74, 6) is -0.0649. The predicted octanol–water partition coefficient (Wildman–Crippen LogP) is 3.42. The van der Waals surface area contributed by atoms with E-state index in [1.54, 1.807) is 29.6 Å². The first-order valence-corrected chi connectivity index (χ1v) is 10.3. The Labute approximate surface area is 156 Å². The van der Waals surface area contributed by atoms with Gasteiger partial charge in [-0.25, -0.2) is 4.98 Å². The first-order chi connectivity index (χ1) is 12.1. The molecule has 25 heavy (non-hydrogen) atoms. The fraction of sp³-hybridized carbons (Fsp3) is 0.556. The van der Waals surface area contributed by atoms with E-state index in [0.717, 1.165) is 36.6 Å². The molecule has 0 radical (unpaired) electrons. The predicted molar refractivity (Wildman–Crippen MR) is 101 cm³/mol. The van der Waals surface area contributed by atoms with Gasteiger partial charge in [-0.2, -0.15) is 0 Å². The van der Waals surface area contributed by atoms with Gasteiger partial charge in [-0.15, -0.1) is 22.7 Å². The van der Waals surface area contributed by atoms with Crippen LogP contribution < -0.4 is 5.32 Å². The van der Waals surface area contributed by atoms with Crippen molar-refractivity contribution in [3.05, 3.63) is 27.4 Å². The number of aromatic nitrogens is 1. The Bertz CT molecular complexity index is 692. The molecule has 3 rings (SSSR count). The van der Waals surface area contributed by atoms with Crippen LogP contribution in [0, 0.1) is 6.92 Å². The molecule has 1 amide bonds. The van der Waals surface area contributed by atoms with Gasteiger partial charge in [0, 0.05) is 23.4 Å². The van der Waals surface area contributed by atoms with Gasteiger partial charge in [0.2, 0.25) is 5.91 Å². The van der Waals surface area contributed by atoms with Gasteiger partial charge in [-0.1, -0.05) is 0 Å². The molecule has 1 aliphatic heterocycles. The number of thiazole rings is 1. The highest BCUT2D eigenvalue weighted by molar-refractivity contribution is 7.16. The molecular weight excluding hydrogens is 356 g/mol. The topological polar surface area (TPSA) is 60.5 Å². The van der Waals surface area contributed by atoms with Crippen LogP contribution in [0.3, 0.4) is 0 Å². The van der Waals surface area contributed by atoms with E-state index in [-0.39, 0.29) is 12.0 Å². The number of amides is 1. The molecular formula is C18H24N2O3S2. The van der Waals surface area contributed by atoms with Crippen LogP contribution >= 0.6 is 22.7 Å². The van der Waals surface area contributed by atoms with E-state index in [2.05, 4.69) is 27.8 Å². The van der Waals surface area contributed by atoms with Gasteiger partial charge >= 0.3 is 0 Å². The Balaban J connectivity index is 1.38. The van der Waals surface area contributed by atoms with E-state index >= 15 is 0 Å². The first kappa shape index (κ1) is 18.5. The maximum Gasteiger partial charge on any atom is 0.248 e. The van der Waals surface area contributed by atoms with Crippen molar-refractivity contribution in [2.75, 3.05) is 19.8 Å². The summed E-state index contributed by atoms with van der Waals surface area (Å²) in [6.07, 6.45) is 2.62. The summed E-state index contributed by atoms with van der Waals surface area (Å²) < 4.78 is 11.1. The highest BCUT2D eigenvalue weighted by Crippen LogP contribution is 2.29. The Kier molecular flexibility index (Phi) is 6.58. The molecule has 0 saturated carbocycles. The number of carbonyl (C=O) groups excluding carboxylic acids is 1. The lowest BCUT2D eigenvalue weighted by Gasteiger charge is -2.16. The number of carbonyl (C=O) groups is 1. The number of ether oxygens (including phenoxy) is 2. The van der Waals surface area contributed by atoms with Crippen LogP contribution in [0.5, 0.6) is 0 Å². The molecule has 1 aliphatic rings. The maximum atomic E-state index is 12.1. The van der Waals surface area contributed by atoms with Crippen LogP contribution in [0.4, 0.5) is 0 Å². The largest absolute Gasteiger partial charge is 0.376 e. The molecule has 1 N–H and O–H groups in total. The van der Waals surface area contributed by atoms with Crippen molar-refractivity contribution < 1.29 is 14.3 Å². The Morgan fingerprint density at radius 2 is 2.40 bits per heavy atom. The average molecular weight is 381 g/mol. The third kappa shape index (κ3) is 5.34. The minimum atomic E-state index is -0.443. The molecule has 1 saturated heterocycles. The second kappa shape index (κ2) is 8.89. The highest BCUT2D eigenvalue weighted by Gasteiger charge is 2.19. The SMILES string of the molecule is Cc1nc(-c2ccc(CCNC(=O)C(C)OCC3CCCO3)s2)cs1. The third-order valence-electron chi connectivity index (χ3n) is 4.13.